The lowest BCUT2D eigenvalue weighted by atomic mass is 10.0. The Morgan fingerprint density at radius 3 is 2.50 bits per heavy atom. The highest BCUT2D eigenvalue weighted by atomic mass is 32.1. The molecule has 1 fully saturated rings. The fourth-order valence-corrected chi connectivity index (χ4v) is 6.11. The van der Waals surface area contributed by atoms with E-state index in [0.717, 1.165) is 51.7 Å². The first-order valence-electron chi connectivity index (χ1n) is 12.8. The summed E-state index contributed by atoms with van der Waals surface area (Å²) in [4.78, 5) is 31.1. The molecule has 0 radical (unpaired) electrons. The number of benzene rings is 3. The molecule has 1 atom stereocenters. The third kappa shape index (κ3) is 5.03. The Bertz CT molecular complexity index is 1570. The number of carbonyl (C=O) groups is 1. The van der Waals surface area contributed by atoms with Gasteiger partial charge in [-0.15, -0.1) is 11.3 Å². The predicted molar refractivity (Wildman–Crippen MR) is 151 cm³/mol. The number of aromatic amines is 1. The van der Waals surface area contributed by atoms with Crippen molar-refractivity contribution in [2.75, 3.05) is 26.2 Å². The number of aromatic nitrogens is 3. The maximum Gasteiger partial charge on any atom is 0.223 e. The number of nitrogens with zero attached hydrogens (tertiary/aromatic N) is 4. The lowest BCUT2D eigenvalue weighted by Crippen LogP contribution is -2.48. The Balaban J connectivity index is 1.24. The summed E-state index contributed by atoms with van der Waals surface area (Å²) in [5, 5.41) is 8.60. The van der Waals surface area contributed by atoms with Crippen LogP contribution in [0.25, 0.3) is 21.3 Å². The molecule has 1 aliphatic rings. The van der Waals surface area contributed by atoms with E-state index in [1.165, 1.54) is 16.9 Å². The van der Waals surface area contributed by atoms with Gasteiger partial charge < -0.3 is 15.6 Å². The molecule has 38 heavy (non-hydrogen) atoms. The second kappa shape index (κ2) is 10.4. The first kappa shape index (κ1) is 24.3. The lowest BCUT2D eigenvalue weighted by molar-refractivity contribution is -0.133. The molecule has 3 heterocycles. The monoisotopic (exact) mass is 523 g/mol. The first-order chi connectivity index (χ1) is 18.5. The smallest absolute Gasteiger partial charge is 0.223 e. The molecular weight excluding hydrogens is 494 g/mol. The number of fused-ring (bicyclic) bond motifs is 2. The SMILES string of the molecule is N=C(N)c1ccc2nc(C(CC(=O)N3CCN(Cc4ccccc4)CC3)c3nc4ccccc4[nH]3)sc2c1. The average molecular weight is 524 g/mol. The number of hydrogen-bond donors (Lipinski definition) is 3. The van der Waals surface area contributed by atoms with Gasteiger partial charge in [-0.3, -0.25) is 15.1 Å². The molecule has 1 unspecified atom stereocenters. The van der Waals surface area contributed by atoms with Crippen LogP contribution in [-0.2, 0) is 11.3 Å². The van der Waals surface area contributed by atoms with Gasteiger partial charge in [0, 0.05) is 44.7 Å². The molecule has 1 amide bonds. The highest BCUT2D eigenvalue weighted by molar-refractivity contribution is 7.18. The second-order valence-electron chi connectivity index (χ2n) is 9.69. The zero-order chi connectivity index (χ0) is 26.1. The number of carbonyl (C=O) groups excluding carboxylic acids is 1. The Hall–Kier alpha value is -4.08. The van der Waals surface area contributed by atoms with Crippen LogP contribution in [0.1, 0.15) is 34.3 Å². The van der Waals surface area contributed by atoms with Crippen molar-refractivity contribution in [3.8, 4) is 0 Å². The van der Waals surface area contributed by atoms with Crippen molar-refractivity contribution in [2.45, 2.75) is 18.9 Å². The Morgan fingerprint density at radius 2 is 1.74 bits per heavy atom. The van der Waals surface area contributed by atoms with E-state index in [2.05, 4.69) is 34.1 Å². The molecule has 5 aromatic rings. The van der Waals surface area contributed by atoms with E-state index in [0.29, 0.717) is 18.7 Å². The molecule has 0 aliphatic carbocycles. The molecule has 1 saturated heterocycles. The number of nitrogen functional groups attached to an aromatic ring is 1. The number of H-pyrrole nitrogens is 1. The minimum Gasteiger partial charge on any atom is -0.384 e. The zero-order valence-corrected chi connectivity index (χ0v) is 21.7. The molecule has 9 heteroatoms. The third-order valence-electron chi connectivity index (χ3n) is 7.10. The fourth-order valence-electron chi connectivity index (χ4n) is 5.00. The molecule has 0 spiro atoms. The summed E-state index contributed by atoms with van der Waals surface area (Å²) in [6, 6.07) is 23.9. The van der Waals surface area contributed by atoms with Gasteiger partial charge in [0.15, 0.2) is 0 Å². The van der Waals surface area contributed by atoms with Gasteiger partial charge in [0.25, 0.3) is 0 Å². The summed E-state index contributed by atoms with van der Waals surface area (Å²) in [5.41, 5.74) is 10.3. The van der Waals surface area contributed by atoms with Gasteiger partial charge in [0.1, 0.15) is 16.7 Å². The third-order valence-corrected chi connectivity index (χ3v) is 8.24. The van der Waals surface area contributed by atoms with Crippen molar-refractivity contribution in [1.29, 1.82) is 5.41 Å². The summed E-state index contributed by atoms with van der Waals surface area (Å²) >= 11 is 1.53. The van der Waals surface area contributed by atoms with Crippen molar-refractivity contribution in [1.82, 2.24) is 24.8 Å². The number of hydrogen-bond acceptors (Lipinski definition) is 6. The van der Waals surface area contributed by atoms with Crippen molar-refractivity contribution in [3.05, 3.63) is 94.8 Å². The molecule has 1 aliphatic heterocycles. The van der Waals surface area contributed by atoms with Crippen LogP contribution >= 0.6 is 11.3 Å². The van der Waals surface area contributed by atoms with Crippen molar-refractivity contribution < 1.29 is 4.79 Å². The molecule has 0 saturated carbocycles. The summed E-state index contributed by atoms with van der Waals surface area (Å²) in [6.45, 7) is 4.02. The second-order valence-corrected chi connectivity index (χ2v) is 10.7. The first-order valence-corrected chi connectivity index (χ1v) is 13.6. The molecule has 6 rings (SSSR count). The van der Waals surface area contributed by atoms with E-state index < -0.39 is 0 Å². The zero-order valence-electron chi connectivity index (χ0n) is 20.9. The number of amidine groups is 1. The van der Waals surface area contributed by atoms with E-state index >= 15 is 0 Å². The molecule has 8 nitrogen and oxygen atoms in total. The van der Waals surface area contributed by atoms with Crippen LogP contribution in [0, 0.1) is 5.41 Å². The van der Waals surface area contributed by atoms with Crippen molar-refractivity contribution >= 4 is 44.3 Å². The standard InChI is InChI=1S/C29H29N7OS/c30-27(31)20-10-11-24-25(16-20)38-29(34-24)21(28-32-22-8-4-5-9-23(22)33-28)17-26(37)36-14-12-35(13-15-36)18-19-6-2-1-3-7-19/h1-11,16,21H,12-15,17-18H2,(H3,30,31)(H,32,33). The fraction of sp³-hybridized carbons (Fsp3) is 0.241. The molecule has 2 aromatic heterocycles. The average Bonchev–Trinajstić information content (AvgIpc) is 3.56. The quantitative estimate of drug-likeness (QED) is 0.217. The maximum atomic E-state index is 13.6. The lowest BCUT2D eigenvalue weighted by Gasteiger charge is -2.35. The van der Waals surface area contributed by atoms with Crippen molar-refractivity contribution in [2.24, 2.45) is 5.73 Å². The van der Waals surface area contributed by atoms with Crippen LogP contribution in [-0.4, -0.2) is 62.7 Å². The number of nitrogens with one attached hydrogen (secondary N) is 2. The van der Waals surface area contributed by atoms with Crippen molar-refractivity contribution in [3.63, 3.8) is 0 Å². The summed E-state index contributed by atoms with van der Waals surface area (Å²) in [5.74, 6) is 0.583. The van der Waals surface area contributed by atoms with Gasteiger partial charge in [0.2, 0.25) is 5.91 Å². The normalized spacial score (nSPS) is 15.2. The summed E-state index contributed by atoms with van der Waals surface area (Å²) < 4.78 is 0.941. The van der Waals surface area contributed by atoms with Crippen LogP contribution in [0.4, 0.5) is 0 Å². The summed E-state index contributed by atoms with van der Waals surface area (Å²) in [7, 11) is 0. The van der Waals surface area contributed by atoms with Gasteiger partial charge in [-0.1, -0.05) is 42.5 Å². The predicted octanol–water partition coefficient (Wildman–Crippen LogP) is 4.32. The van der Waals surface area contributed by atoms with Crippen LogP contribution in [0.5, 0.6) is 0 Å². The minimum atomic E-state index is -0.296. The van der Waals surface area contributed by atoms with Crippen LogP contribution < -0.4 is 5.73 Å². The number of rotatable bonds is 7. The van der Waals surface area contributed by atoms with E-state index in [4.69, 9.17) is 21.1 Å². The van der Waals surface area contributed by atoms with E-state index in [1.807, 2.05) is 53.4 Å². The highest BCUT2D eigenvalue weighted by Crippen LogP contribution is 2.35. The minimum absolute atomic E-state index is 0.0252. The summed E-state index contributed by atoms with van der Waals surface area (Å²) in [6.07, 6.45) is 0.290. The van der Waals surface area contributed by atoms with Gasteiger partial charge in [-0.2, -0.15) is 0 Å². The maximum absolute atomic E-state index is 13.6. The number of thiazole rings is 1. The molecule has 3 aromatic carbocycles. The molecular formula is C29H29N7OS. The Kier molecular flexibility index (Phi) is 6.61. The molecule has 4 N–H and O–H groups in total. The Labute approximate surface area is 224 Å². The number of imidazole rings is 1. The van der Waals surface area contributed by atoms with Crippen LogP contribution in [0.15, 0.2) is 72.8 Å². The van der Waals surface area contributed by atoms with Crippen LogP contribution in [0.2, 0.25) is 0 Å². The largest absolute Gasteiger partial charge is 0.384 e. The van der Waals surface area contributed by atoms with E-state index in [1.54, 1.807) is 0 Å². The van der Waals surface area contributed by atoms with E-state index in [-0.39, 0.29) is 24.1 Å². The molecule has 0 bridgehead atoms. The number of para-hydroxylation sites is 2. The highest BCUT2D eigenvalue weighted by Gasteiger charge is 2.29. The van der Waals surface area contributed by atoms with Crippen LogP contribution in [0.3, 0.4) is 0 Å². The van der Waals surface area contributed by atoms with Gasteiger partial charge in [-0.25, -0.2) is 9.97 Å². The Morgan fingerprint density at radius 1 is 0.974 bits per heavy atom. The van der Waals surface area contributed by atoms with Gasteiger partial charge >= 0.3 is 0 Å². The number of nitrogens with two attached hydrogens (primary N) is 1. The number of piperazine rings is 1. The molecule has 192 valence electrons. The van der Waals surface area contributed by atoms with Gasteiger partial charge in [0.05, 0.1) is 27.2 Å². The topological polar surface area (TPSA) is 115 Å². The number of amides is 1. The van der Waals surface area contributed by atoms with Gasteiger partial charge in [-0.05, 0) is 35.9 Å². The van der Waals surface area contributed by atoms with E-state index in [9.17, 15) is 4.79 Å².